The molecule has 0 spiro atoms. The van der Waals surface area contributed by atoms with E-state index in [1.807, 2.05) is 0 Å². The standard InChI is InChI=1S/C17H17BrN2O4S/c18-12-3-6-14(7-4-12)25(23,24)19-16-8-5-13(11-15(16)17(21)22)20-9-1-2-10-20/h3-8,11,19H,1-2,9-10H2,(H,21,22). The Morgan fingerprint density at radius 2 is 1.72 bits per heavy atom. The molecule has 1 saturated heterocycles. The van der Waals surface area contributed by atoms with Crippen LogP contribution in [0.25, 0.3) is 0 Å². The molecule has 1 aliphatic heterocycles. The summed E-state index contributed by atoms with van der Waals surface area (Å²) in [5.41, 5.74) is 0.782. The minimum absolute atomic E-state index is 0.0540. The van der Waals surface area contributed by atoms with Gasteiger partial charge in [-0.1, -0.05) is 15.9 Å². The van der Waals surface area contributed by atoms with Crippen LogP contribution in [-0.2, 0) is 10.0 Å². The summed E-state index contributed by atoms with van der Waals surface area (Å²) in [6, 6.07) is 10.9. The number of carboxylic acid groups (broad SMARTS) is 1. The highest BCUT2D eigenvalue weighted by molar-refractivity contribution is 9.10. The van der Waals surface area contributed by atoms with Gasteiger partial charge in [0.1, 0.15) is 0 Å². The lowest BCUT2D eigenvalue weighted by Crippen LogP contribution is -2.19. The number of aromatic carboxylic acids is 1. The lowest BCUT2D eigenvalue weighted by atomic mass is 10.1. The third kappa shape index (κ3) is 3.96. The third-order valence-corrected chi connectivity index (χ3v) is 5.98. The number of hydrogen-bond donors (Lipinski definition) is 2. The first kappa shape index (κ1) is 17.8. The van der Waals surface area contributed by atoms with Gasteiger partial charge >= 0.3 is 5.97 Å². The fourth-order valence-electron chi connectivity index (χ4n) is 2.79. The highest BCUT2D eigenvalue weighted by atomic mass is 79.9. The van der Waals surface area contributed by atoms with Gasteiger partial charge in [0.05, 0.1) is 16.1 Å². The molecule has 0 unspecified atom stereocenters. The summed E-state index contributed by atoms with van der Waals surface area (Å²) in [7, 11) is -3.87. The topological polar surface area (TPSA) is 86.7 Å². The Labute approximate surface area is 154 Å². The summed E-state index contributed by atoms with van der Waals surface area (Å²) >= 11 is 3.25. The minimum atomic E-state index is -3.87. The van der Waals surface area contributed by atoms with Crippen molar-refractivity contribution >= 4 is 43.3 Å². The predicted octanol–water partition coefficient (Wildman–Crippen LogP) is 3.55. The summed E-state index contributed by atoms with van der Waals surface area (Å²) < 4.78 is 28.1. The molecule has 0 amide bonds. The van der Waals surface area contributed by atoms with Gasteiger partial charge in [0.15, 0.2) is 0 Å². The van der Waals surface area contributed by atoms with E-state index >= 15 is 0 Å². The summed E-state index contributed by atoms with van der Waals surface area (Å²) in [6.45, 7) is 1.76. The molecule has 132 valence electrons. The predicted molar refractivity (Wildman–Crippen MR) is 99.8 cm³/mol. The normalized spacial score (nSPS) is 14.5. The second-order valence-electron chi connectivity index (χ2n) is 5.79. The molecule has 0 bridgehead atoms. The fraction of sp³-hybridized carbons (Fsp3) is 0.235. The van der Waals surface area contributed by atoms with Crippen LogP contribution in [0.4, 0.5) is 11.4 Å². The molecule has 0 radical (unpaired) electrons. The Morgan fingerprint density at radius 3 is 2.32 bits per heavy atom. The Balaban J connectivity index is 1.93. The number of sulfonamides is 1. The van der Waals surface area contributed by atoms with Crippen molar-refractivity contribution in [3.63, 3.8) is 0 Å². The van der Waals surface area contributed by atoms with Crippen LogP contribution in [0.15, 0.2) is 51.8 Å². The lowest BCUT2D eigenvalue weighted by Gasteiger charge is -2.19. The number of carbonyl (C=O) groups is 1. The van der Waals surface area contributed by atoms with Crippen molar-refractivity contribution in [2.75, 3.05) is 22.7 Å². The molecule has 1 aliphatic rings. The molecule has 25 heavy (non-hydrogen) atoms. The average Bonchev–Trinajstić information content (AvgIpc) is 3.09. The van der Waals surface area contributed by atoms with Gasteiger partial charge in [-0.3, -0.25) is 4.72 Å². The number of nitrogens with zero attached hydrogens (tertiary/aromatic N) is 1. The highest BCUT2D eigenvalue weighted by Crippen LogP contribution is 2.28. The quantitative estimate of drug-likeness (QED) is 0.765. The van der Waals surface area contributed by atoms with Gasteiger partial charge in [-0.25, -0.2) is 13.2 Å². The number of anilines is 2. The Hall–Kier alpha value is -2.06. The van der Waals surface area contributed by atoms with Crippen LogP contribution in [0.2, 0.25) is 0 Å². The molecule has 1 fully saturated rings. The fourth-order valence-corrected chi connectivity index (χ4v) is 4.13. The summed E-state index contributed by atoms with van der Waals surface area (Å²) in [4.78, 5) is 13.8. The van der Waals surface area contributed by atoms with E-state index in [2.05, 4.69) is 25.6 Å². The molecule has 2 aromatic rings. The van der Waals surface area contributed by atoms with E-state index in [1.165, 1.54) is 24.3 Å². The molecule has 8 heteroatoms. The van der Waals surface area contributed by atoms with Crippen LogP contribution in [0.5, 0.6) is 0 Å². The summed E-state index contributed by atoms with van der Waals surface area (Å²) in [6.07, 6.45) is 2.14. The average molecular weight is 425 g/mol. The first-order chi connectivity index (χ1) is 11.9. The number of carboxylic acids is 1. The van der Waals surface area contributed by atoms with Gasteiger partial charge in [0.25, 0.3) is 10.0 Å². The van der Waals surface area contributed by atoms with E-state index in [0.29, 0.717) is 0 Å². The van der Waals surface area contributed by atoms with Gasteiger partial charge in [-0.2, -0.15) is 0 Å². The zero-order valence-corrected chi connectivity index (χ0v) is 15.7. The van der Waals surface area contributed by atoms with Crippen LogP contribution >= 0.6 is 15.9 Å². The number of benzene rings is 2. The van der Waals surface area contributed by atoms with Crippen LogP contribution in [0, 0.1) is 0 Å². The highest BCUT2D eigenvalue weighted by Gasteiger charge is 2.21. The van der Waals surface area contributed by atoms with Gasteiger partial charge in [0, 0.05) is 23.2 Å². The van der Waals surface area contributed by atoms with Crippen molar-refractivity contribution in [2.45, 2.75) is 17.7 Å². The second-order valence-corrected chi connectivity index (χ2v) is 8.39. The maximum absolute atomic E-state index is 12.5. The molecule has 0 atom stereocenters. The minimum Gasteiger partial charge on any atom is -0.478 e. The van der Waals surface area contributed by atoms with E-state index in [-0.39, 0.29) is 16.1 Å². The van der Waals surface area contributed by atoms with Crippen LogP contribution in [-0.4, -0.2) is 32.6 Å². The number of halogens is 1. The molecule has 3 rings (SSSR count). The first-order valence-electron chi connectivity index (χ1n) is 7.77. The second kappa shape index (κ2) is 7.05. The van der Waals surface area contributed by atoms with Gasteiger partial charge in [0.2, 0.25) is 0 Å². The summed E-state index contributed by atoms with van der Waals surface area (Å²) in [5, 5.41) is 9.48. The molecule has 1 heterocycles. The van der Waals surface area contributed by atoms with Gasteiger partial charge in [-0.15, -0.1) is 0 Å². The van der Waals surface area contributed by atoms with E-state index in [4.69, 9.17) is 0 Å². The monoisotopic (exact) mass is 424 g/mol. The smallest absolute Gasteiger partial charge is 0.337 e. The van der Waals surface area contributed by atoms with Crippen molar-refractivity contribution in [3.8, 4) is 0 Å². The van der Waals surface area contributed by atoms with Crippen LogP contribution in [0.1, 0.15) is 23.2 Å². The molecule has 6 nitrogen and oxygen atoms in total. The van der Waals surface area contributed by atoms with E-state index < -0.39 is 16.0 Å². The van der Waals surface area contributed by atoms with E-state index in [1.54, 1.807) is 18.2 Å². The molecule has 2 N–H and O–H groups in total. The van der Waals surface area contributed by atoms with Crippen molar-refractivity contribution in [2.24, 2.45) is 0 Å². The number of rotatable bonds is 5. The number of nitrogens with one attached hydrogen (secondary N) is 1. The van der Waals surface area contributed by atoms with Gasteiger partial charge < -0.3 is 10.0 Å². The summed E-state index contributed by atoms with van der Waals surface area (Å²) in [5.74, 6) is -1.17. The SMILES string of the molecule is O=C(O)c1cc(N2CCCC2)ccc1NS(=O)(=O)c1ccc(Br)cc1. The lowest BCUT2D eigenvalue weighted by molar-refractivity contribution is 0.0698. The first-order valence-corrected chi connectivity index (χ1v) is 10.0. The zero-order valence-electron chi connectivity index (χ0n) is 13.3. The molecular weight excluding hydrogens is 408 g/mol. The number of hydrogen-bond acceptors (Lipinski definition) is 4. The van der Waals surface area contributed by atoms with Crippen molar-refractivity contribution in [3.05, 3.63) is 52.5 Å². The Morgan fingerprint density at radius 1 is 1.08 bits per heavy atom. The van der Waals surface area contributed by atoms with Crippen molar-refractivity contribution < 1.29 is 18.3 Å². The molecular formula is C17H17BrN2O4S. The molecule has 0 aliphatic carbocycles. The molecule has 0 aromatic heterocycles. The van der Waals surface area contributed by atoms with E-state index in [9.17, 15) is 18.3 Å². The Kier molecular flexibility index (Phi) is 5.01. The van der Waals surface area contributed by atoms with Gasteiger partial charge in [-0.05, 0) is 55.3 Å². The molecule has 0 saturated carbocycles. The third-order valence-electron chi connectivity index (χ3n) is 4.07. The van der Waals surface area contributed by atoms with Crippen LogP contribution < -0.4 is 9.62 Å². The Bertz CT molecular complexity index is 891. The van der Waals surface area contributed by atoms with Crippen molar-refractivity contribution in [1.29, 1.82) is 0 Å². The molecule has 2 aromatic carbocycles. The van der Waals surface area contributed by atoms with E-state index in [0.717, 1.165) is 36.1 Å². The van der Waals surface area contributed by atoms with Crippen molar-refractivity contribution in [1.82, 2.24) is 0 Å². The van der Waals surface area contributed by atoms with Crippen LogP contribution in [0.3, 0.4) is 0 Å². The zero-order chi connectivity index (χ0) is 18.0. The maximum Gasteiger partial charge on any atom is 0.337 e. The largest absolute Gasteiger partial charge is 0.478 e. The maximum atomic E-state index is 12.5.